The van der Waals surface area contributed by atoms with Gasteiger partial charge in [-0.2, -0.15) is 0 Å². The van der Waals surface area contributed by atoms with Crippen LogP contribution >= 0.6 is 0 Å². The van der Waals surface area contributed by atoms with Crippen LogP contribution in [0.25, 0.3) is 22.0 Å². The molecule has 0 unspecified atom stereocenters. The van der Waals surface area contributed by atoms with Crippen LogP contribution in [0.5, 0.6) is 5.75 Å². The Hall–Kier alpha value is -3.35. The number of carbonyl (C=O) groups is 1. The fourth-order valence-electron chi connectivity index (χ4n) is 4.11. The van der Waals surface area contributed by atoms with E-state index < -0.39 is 20.6 Å². The Labute approximate surface area is 267 Å². The van der Waals surface area contributed by atoms with E-state index in [2.05, 4.69) is 15.2 Å². The van der Waals surface area contributed by atoms with Gasteiger partial charge in [0, 0.05) is 22.8 Å². The monoisotopic (exact) mass is 598 g/mol. The first-order valence-corrected chi connectivity index (χ1v) is 14.4. The molecule has 0 atom stereocenters. The molecule has 0 amide bonds. The number of benzene rings is 3. The zero-order valence-corrected chi connectivity index (χ0v) is 26.8. The number of carbonyl (C=O) groups excluding carboxylic acids is 1. The predicted octanol–water partition coefficient (Wildman–Crippen LogP) is 3.70. The first kappa shape index (κ1) is 33.2. The molecule has 3 aromatic carbocycles. The van der Waals surface area contributed by atoms with Crippen LogP contribution in [0.1, 0.15) is 40.0 Å². The molecule has 1 aromatic heterocycles. The summed E-state index contributed by atoms with van der Waals surface area (Å²) in [5.41, 5.74) is 7.81. The van der Waals surface area contributed by atoms with Gasteiger partial charge in [-0.15, -0.1) is 10.2 Å². The SMILES string of the molecule is CC(C)(C)OC(=O)CCCCOc1ccccc1-c1ccc(N=Nc2cc(S(=O)(=O)[O-])c3ccccc3c2N)cn1.[Na+]. The van der Waals surface area contributed by atoms with Gasteiger partial charge in [0.2, 0.25) is 0 Å². The third-order valence-corrected chi connectivity index (χ3v) is 6.81. The number of esters is 1. The van der Waals surface area contributed by atoms with Gasteiger partial charge in [-0.05, 0) is 63.9 Å². The van der Waals surface area contributed by atoms with Crippen LogP contribution < -0.4 is 40.0 Å². The third-order valence-electron chi connectivity index (χ3n) is 5.93. The van der Waals surface area contributed by atoms with E-state index in [1.54, 1.807) is 30.3 Å². The summed E-state index contributed by atoms with van der Waals surface area (Å²) in [5, 5.41) is 8.88. The van der Waals surface area contributed by atoms with E-state index in [4.69, 9.17) is 15.2 Å². The van der Waals surface area contributed by atoms with Gasteiger partial charge in [0.05, 0.1) is 29.1 Å². The van der Waals surface area contributed by atoms with Crippen molar-refractivity contribution in [2.24, 2.45) is 10.2 Å². The molecular formula is C30H31N4NaO6S. The number of nitrogens with two attached hydrogens (primary N) is 1. The molecule has 4 rings (SSSR count). The van der Waals surface area contributed by atoms with Gasteiger partial charge in [-0.3, -0.25) is 9.78 Å². The summed E-state index contributed by atoms with van der Waals surface area (Å²) >= 11 is 0. The molecule has 0 fully saturated rings. The molecule has 12 heteroatoms. The van der Waals surface area contributed by atoms with E-state index in [9.17, 15) is 17.8 Å². The Morgan fingerprint density at radius 2 is 1.67 bits per heavy atom. The number of fused-ring (bicyclic) bond motifs is 1. The third kappa shape index (κ3) is 8.83. The van der Waals surface area contributed by atoms with Crippen LogP contribution in [-0.2, 0) is 19.6 Å². The van der Waals surface area contributed by atoms with Crippen LogP contribution in [0.15, 0.2) is 88.1 Å². The second kappa shape index (κ2) is 14.2. The average Bonchev–Trinajstić information content (AvgIpc) is 2.91. The largest absolute Gasteiger partial charge is 1.00 e. The molecule has 0 aliphatic heterocycles. The van der Waals surface area contributed by atoms with Crippen molar-refractivity contribution in [1.29, 1.82) is 0 Å². The standard InChI is InChI=1S/C30H32N4O6S.Na/c1-30(2,3)40-28(35)14-8-9-17-39-26-13-7-6-12-23(26)24-16-15-20(19-32-24)33-34-25-18-27(41(36,37)38)21-10-4-5-11-22(21)29(25)31;/h4-7,10-13,15-16,18-19H,8-9,14,17,31H2,1-3H3,(H,36,37,38);/q;+1/p-1. The topological polar surface area (TPSA) is 156 Å². The number of nitrogens with zero attached hydrogens (tertiary/aromatic N) is 3. The molecule has 2 N–H and O–H groups in total. The average molecular weight is 599 g/mol. The molecule has 0 saturated carbocycles. The van der Waals surface area contributed by atoms with Crippen LogP contribution in [-0.4, -0.2) is 36.1 Å². The summed E-state index contributed by atoms with van der Waals surface area (Å²) in [4.78, 5) is 16.0. The number of anilines is 1. The number of rotatable bonds is 10. The molecule has 0 aliphatic rings. The predicted molar refractivity (Wildman–Crippen MR) is 155 cm³/mol. The fourth-order valence-corrected chi connectivity index (χ4v) is 4.81. The Balaban J connectivity index is 0.00000484. The second-order valence-electron chi connectivity index (χ2n) is 10.3. The molecule has 0 aliphatic carbocycles. The fraction of sp³-hybridized carbons (Fsp3) is 0.267. The molecule has 0 bridgehead atoms. The normalized spacial score (nSPS) is 11.8. The van der Waals surface area contributed by atoms with E-state index in [0.717, 1.165) is 11.6 Å². The second-order valence-corrected chi connectivity index (χ2v) is 11.6. The van der Waals surface area contributed by atoms with E-state index >= 15 is 0 Å². The van der Waals surface area contributed by atoms with Gasteiger partial charge in [-0.25, -0.2) is 8.42 Å². The summed E-state index contributed by atoms with van der Waals surface area (Å²) in [7, 11) is -4.76. The molecule has 0 saturated heterocycles. The van der Waals surface area contributed by atoms with Crippen molar-refractivity contribution in [3.8, 4) is 17.0 Å². The van der Waals surface area contributed by atoms with Gasteiger partial charge in [0.1, 0.15) is 32.8 Å². The summed E-state index contributed by atoms with van der Waals surface area (Å²) in [6.45, 7) is 5.96. The van der Waals surface area contributed by atoms with Crippen molar-refractivity contribution < 1.29 is 56.8 Å². The molecule has 42 heavy (non-hydrogen) atoms. The van der Waals surface area contributed by atoms with E-state index in [1.807, 2.05) is 45.0 Å². The number of hydrogen-bond donors (Lipinski definition) is 1. The molecule has 10 nitrogen and oxygen atoms in total. The Morgan fingerprint density at radius 3 is 2.33 bits per heavy atom. The Kier molecular flexibility index (Phi) is 11.2. The first-order chi connectivity index (χ1) is 19.4. The van der Waals surface area contributed by atoms with Gasteiger partial charge in [-0.1, -0.05) is 36.4 Å². The number of unbranched alkanes of at least 4 members (excludes halogenated alkanes) is 1. The van der Waals surface area contributed by atoms with Crippen molar-refractivity contribution in [3.63, 3.8) is 0 Å². The number of para-hydroxylation sites is 1. The maximum Gasteiger partial charge on any atom is 1.00 e. The smallest absolute Gasteiger partial charge is 0.744 e. The number of ether oxygens (including phenoxy) is 2. The summed E-state index contributed by atoms with van der Waals surface area (Å²) in [6, 6.07) is 18.5. The number of aromatic nitrogens is 1. The molecule has 0 spiro atoms. The zero-order valence-electron chi connectivity index (χ0n) is 24.0. The van der Waals surface area contributed by atoms with E-state index in [-0.39, 0.29) is 52.3 Å². The number of azo groups is 1. The molecular weight excluding hydrogens is 567 g/mol. The maximum absolute atomic E-state index is 11.9. The Bertz CT molecular complexity index is 1690. The van der Waals surface area contributed by atoms with Crippen molar-refractivity contribution in [2.75, 3.05) is 12.3 Å². The quantitative estimate of drug-likeness (QED) is 0.0723. The number of pyridine rings is 1. The summed E-state index contributed by atoms with van der Waals surface area (Å²) in [6.07, 6.45) is 3.18. The van der Waals surface area contributed by atoms with Crippen molar-refractivity contribution in [3.05, 3.63) is 72.9 Å². The van der Waals surface area contributed by atoms with Crippen molar-refractivity contribution >= 4 is 43.9 Å². The molecule has 0 radical (unpaired) electrons. The van der Waals surface area contributed by atoms with Gasteiger partial charge in [0.15, 0.2) is 0 Å². The number of hydrogen-bond acceptors (Lipinski definition) is 10. The minimum atomic E-state index is -4.76. The van der Waals surface area contributed by atoms with Crippen LogP contribution in [0.2, 0.25) is 0 Å². The van der Waals surface area contributed by atoms with Crippen LogP contribution in [0.4, 0.5) is 17.1 Å². The summed E-state index contributed by atoms with van der Waals surface area (Å²) in [5.74, 6) is 0.431. The van der Waals surface area contributed by atoms with Crippen molar-refractivity contribution in [2.45, 2.75) is 50.5 Å². The Morgan fingerprint density at radius 1 is 0.976 bits per heavy atom. The van der Waals surface area contributed by atoms with Crippen LogP contribution in [0, 0.1) is 0 Å². The summed E-state index contributed by atoms with van der Waals surface area (Å²) < 4.78 is 46.8. The van der Waals surface area contributed by atoms with Gasteiger partial charge in [0.25, 0.3) is 0 Å². The van der Waals surface area contributed by atoms with Gasteiger partial charge < -0.3 is 19.8 Å². The molecule has 1 heterocycles. The van der Waals surface area contributed by atoms with Crippen molar-refractivity contribution in [1.82, 2.24) is 4.98 Å². The number of nitrogen functional groups attached to an aromatic ring is 1. The van der Waals surface area contributed by atoms with Crippen LogP contribution in [0.3, 0.4) is 0 Å². The maximum atomic E-state index is 11.9. The van der Waals surface area contributed by atoms with Gasteiger partial charge >= 0.3 is 35.5 Å². The van der Waals surface area contributed by atoms with E-state index in [1.165, 1.54) is 12.3 Å². The van der Waals surface area contributed by atoms with E-state index in [0.29, 0.717) is 48.4 Å². The minimum absolute atomic E-state index is 0. The molecule has 4 aromatic rings. The minimum Gasteiger partial charge on any atom is -0.744 e. The first-order valence-electron chi connectivity index (χ1n) is 13.0. The zero-order chi connectivity index (χ0) is 29.6. The molecule has 214 valence electrons.